The number of allylic oxidation sites excluding steroid dienone is 1. The fourth-order valence-electron chi connectivity index (χ4n) is 2.98. The van der Waals surface area contributed by atoms with E-state index in [1.165, 1.54) is 0 Å². The minimum atomic E-state index is -0.176. The molecule has 1 aromatic heterocycles. The third-order valence-corrected chi connectivity index (χ3v) is 4.88. The molecule has 1 N–H and O–H groups in total. The average Bonchev–Trinajstić information content (AvgIpc) is 2.97. The molecule has 0 unspecified atom stereocenters. The van der Waals surface area contributed by atoms with Crippen LogP contribution in [0.4, 0.5) is 5.69 Å². The molecule has 3 aromatic rings. The Kier molecular flexibility index (Phi) is 5.71. The number of aryl methyl sites for hydroxylation is 2. The summed E-state index contributed by atoms with van der Waals surface area (Å²) in [5.74, 6) is 0.533. The second kappa shape index (κ2) is 8.01. The van der Waals surface area contributed by atoms with E-state index in [0.29, 0.717) is 12.4 Å². The van der Waals surface area contributed by atoms with Crippen LogP contribution in [-0.2, 0) is 4.79 Å². The molecule has 0 aliphatic carbocycles. The second-order valence-electron chi connectivity index (χ2n) is 6.47. The average molecular weight is 428 g/mol. The lowest BCUT2D eigenvalue weighted by Crippen LogP contribution is -2.10. The van der Waals surface area contributed by atoms with Crippen LogP contribution in [0.1, 0.15) is 30.5 Å². The number of hydrogen-bond donors (Lipinski definition) is 1. The van der Waals surface area contributed by atoms with Crippen molar-refractivity contribution in [1.82, 2.24) is 0 Å². The van der Waals surface area contributed by atoms with E-state index in [1.807, 2.05) is 58.0 Å². The SMILES string of the molecule is CCOc1cc2occ(C)c2cc1/C(C)=C/C(=O)Nc1ccc(Br)cc1C. The van der Waals surface area contributed by atoms with Crippen molar-refractivity contribution >= 4 is 44.1 Å². The van der Waals surface area contributed by atoms with Crippen LogP contribution in [0.2, 0.25) is 0 Å². The van der Waals surface area contributed by atoms with Crippen molar-refractivity contribution in [2.24, 2.45) is 0 Å². The molecule has 0 fully saturated rings. The number of fused-ring (bicyclic) bond motifs is 1. The highest BCUT2D eigenvalue weighted by Crippen LogP contribution is 2.33. The van der Waals surface area contributed by atoms with Gasteiger partial charge in [-0.05, 0) is 68.7 Å². The molecule has 4 nitrogen and oxygen atoms in total. The summed E-state index contributed by atoms with van der Waals surface area (Å²) in [5, 5.41) is 3.96. The van der Waals surface area contributed by atoms with Crippen LogP contribution in [-0.4, -0.2) is 12.5 Å². The number of anilines is 1. The van der Waals surface area contributed by atoms with Gasteiger partial charge < -0.3 is 14.5 Å². The molecule has 5 heteroatoms. The molecule has 0 aliphatic rings. The Labute approximate surface area is 167 Å². The molecule has 0 radical (unpaired) electrons. The predicted molar refractivity (Wildman–Crippen MR) is 113 cm³/mol. The zero-order valence-corrected chi connectivity index (χ0v) is 17.4. The fourth-order valence-corrected chi connectivity index (χ4v) is 3.45. The molecule has 27 heavy (non-hydrogen) atoms. The number of benzene rings is 2. The number of furan rings is 1. The van der Waals surface area contributed by atoms with E-state index in [-0.39, 0.29) is 5.91 Å². The van der Waals surface area contributed by atoms with Gasteiger partial charge in [-0.15, -0.1) is 0 Å². The van der Waals surface area contributed by atoms with Gasteiger partial charge in [0, 0.05) is 33.3 Å². The highest BCUT2D eigenvalue weighted by atomic mass is 79.9. The molecule has 140 valence electrons. The summed E-state index contributed by atoms with van der Waals surface area (Å²) < 4.78 is 12.3. The molecule has 0 aliphatic heterocycles. The summed E-state index contributed by atoms with van der Waals surface area (Å²) in [4.78, 5) is 12.5. The Morgan fingerprint density at radius 3 is 2.70 bits per heavy atom. The number of nitrogens with one attached hydrogen (secondary N) is 1. The largest absolute Gasteiger partial charge is 0.493 e. The van der Waals surface area contributed by atoms with Gasteiger partial charge in [-0.25, -0.2) is 0 Å². The van der Waals surface area contributed by atoms with Gasteiger partial charge in [0.25, 0.3) is 0 Å². The summed E-state index contributed by atoms with van der Waals surface area (Å²) in [6.07, 6.45) is 3.33. The minimum absolute atomic E-state index is 0.176. The monoisotopic (exact) mass is 427 g/mol. The van der Waals surface area contributed by atoms with Crippen molar-refractivity contribution in [3.63, 3.8) is 0 Å². The minimum Gasteiger partial charge on any atom is -0.493 e. The zero-order chi connectivity index (χ0) is 19.6. The maximum atomic E-state index is 12.5. The Morgan fingerprint density at radius 1 is 1.22 bits per heavy atom. The first-order valence-corrected chi connectivity index (χ1v) is 9.58. The lowest BCUT2D eigenvalue weighted by molar-refractivity contribution is -0.111. The van der Waals surface area contributed by atoms with Gasteiger partial charge >= 0.3 is 0 Å². The summed E-state index contributed by atoms with van der Waals surface area (Å²) in [5.41, 5.74) is 5.33. The molecular formula is C22H22BrNO3. The van der Waals surface area contributed by atoms with Crippen molar-refractivity contribution in [1.29, 1.82) is 0 Å². The van der Waals surface area contributed by atoms with Crippen LogP contribution in [0, 0.1) is 13.8 Å². The van der Waals surface area contributed by atoms with Crippen LogP contribution in [0.5, 0.6) is 5.75 Å². The zero-order valence-electron chi connectivity index (χ0n) is 15.9. The van der Waals surface area contributed by atoms with E-state index in [9.17, 15) is 4.79 Å². The first-order chi connectivity index (χ1) is 12.9. The Hall–Kier alpha value is -2.53. The molecular weight excluding hydrogens is 406 g/mol. The smallest absolute Gasteiger partial charge is 0.248 e. The van der Waals surface area contributed by atoms with E-state index in [4.69, 9.17) is 9.15 Å². The Balaban J connectivity index is 1.93. The summed E-state index contributed by atoms with van der Waals surface area (Å²) >= 11 is 3.43. The van der Waals surface area contributed by atoms with Gasteiger partial charge in [-0.1, -0.05) is 15.9 Å². The van der Waals surface area contributed by atoms with Crippen LogP contribution in [0.15, 0.2) is 51.6 Å². The Bertz CT molecular complexity index is 1030. The first kappa shape index (κ1) is 19.2. The number of amides is 1. The van der Waals surface area contributed by atoms with Crippen molar-refractivity contribution in [2.75, 3.05) is 11.9 Å². The number of carbonyl (C=O) groups is 1. The molecule has 0 spiro atoms. The van der Waals surface area contributed by atoms with E-state index >= 15 is 0 Å². The van der Waals surface area contributed by atoms with Crippen LogP contribution in [0.3, 0.4) is 0 Å². The first-order valence-electron chi connectivity index (χ1n) is 8.79. The molecule has 0 saturated carbocycles. The second-order valence-corrected chi connectivity index (χ2v) is 7.39. The van der Waals surface area contributed by atoms with Gasteiger partial charge in [0.2, 0.25) is 5.91 Å². The van der Waals surface area contributed by atoms with E-state index < -0.39 is 0 Å². The fraction of sp³-hybridized carbons (Fsp3) is 0.227. The lowest BCUT2D eigenvalue weighted by atomic mass is 10.0. The van der Waals surface area contributed by atoms with Crippen LogP contribution in [0.25, 0.3) is 16.5 Å². The van der Waals surface area contributed by atoms with E-state index in [2.05, 4.69) is 21.2 Å². The lowest BCUT2D eigenvalue weighted by Gasteiger charge is -2.12. The van der Waals surface area contributed by atoms with Gasteiger partial charge in [0.15, 0.2) is 0 Å². The predicted octanol–water partition coefficient (Wildman–Crippen LogP) is 6.25. The van der Waals surface area contributed by atoms with Gasteiger partial charge in [0.1, 0.15) is 11.3 Å². The standard InChI is InChI=1S/C22H22BrNO3/c1-5-26-20-11-21-18(15(4)12-27-21)10-17(20)13(2)9-22(25)24-19-7-6-16(23)8-14(19)3/h6-12H,5H2,1-4H3,(H,24,25)/b13-9+. The maximum Gasteiger partial charge on any atom is 0.248 e. The number of carbonyl (C=O) groups excluding carboxylic acids is 1. The van der Waals surface area contributed by atoms with Crippen LogP contribution >= 0.6 is 15.9 Å². The Morgan fingerprint density at radius 2 is 2.00 bits per heavy atom. The number of rotatable bonds is 5. The third-order valence-electron chi connectivity index (χ3n) is 4.39. The van der Waals surface area contributed by atoms with E-state index in [0.717, 1.165) is 43.4 Å². The van der Waals surface area contributed by atoms with Crippen molar-refractivity contribution in [3.8, 4) is 5.75 Å². The molecule has 1 amide bonds. The summed E-state index contributed by atoms with van der Waals surface area (Å²) in [6, 6.07) is 9.66. The normalized spacial score (nSPS) is 11.7. The summed E-state index contributed by atoms with van der Waals surface area (Å²) in [7, 11) is 0. The molecule has 0 atom stereocenters. The highest BCUT2D eigenvalue weighted by Gasteiger charge is 2.13. The van der Waals surface area contributed by atoms with E-state index in [1.54, 1.807) is 12.3 Å². The van der Waals surface area contributed by atoms with Crippen molar-refractivity contribution in [3.05, 3.63) is 63.8 Å². The number of hydrogen-bond acceptors (Lipinski definition) is 3. The molecule has 0 bridgehead atoms. The summed E-state index contributed by atoms with van der Waals surface area (Å²) in [6.45, 7) is 8.34. The molecule has 2 aromatic carbocycles. The quantitative estimate of drug-likeness (QED) is 0.489. The van der Waals surface area contributed by atoms with Crippen LogP contribution < -0.4 is 10.1 Å². The topological polar surface area (TPSA) is 51.5 Å². The number of halogens is 1. The van der Waals surface area contributed by atoms with Gasteiger partial charge in [-0.2, -0.15) is 0 Å². The van der Waals surface area contributed by atoms with Gasteiger partial charge in [-0.3, -0.25) is 4.79 Å². The maximum absolute atomic E-state index is 12.5. The third kappa shape index (κ3) is 4.25. The molecule has 1 heterocycles. The highest BCUT2D eigenvalue weighted by molar-refractivity contribution is 9.10. The van der Waals surface area contributed by atoms with Gasteiger partial charge in [0.05, 0.1) is 12.9 Å². The molecule has 0 saturated heterocycles. The van der Waals surface area contributed by atoms with Crippen molar-refractivity contribution < 1.29 is 13.9 Å². The molecule has 3 rings (SSSR count). The van der Waals surface area contributed by atoms with Crippen molar-refractivity contribution in [2.45, 2.75) is 27.7 Å². The number of ether oxygens (including phenoxy) is 1.